The van der Waals surface area contributed by atoms with Crippen molar-refractivity contribution in [2.24, 2.45) is 0 Å². The summed E-state index contributed by atoms with van der Waals surface area (Å²) in [6.45, 7) is 0. The summed E-state index contributed by atoms with van der Waals surface area (Å²) in [5.74, 6) is 0. The number of allylic oxidation sites excluding steroid dienone is 4. The number of hydrogen-bond donors (Lipinski definition) is 0. The number of rotatable bonds is 1. The summed E-state index contributed by atoms with van der Waals surface area (Å²) >= 11 is 11.4. The van der Waals surface area contributed by atoms with E-state index in [4.69, 9.17) is 33.9 Å². The fraction of sp³-hybridized carbons (Fsp3) is 0.333. The molecule has 1 rings (SSSR count). The highest BCUT2D eigenvalue weighted by Gasteiger charge is 2.29. The maximum Gasteiger partial charge on any atom is 0.257 e. The van der Waals surface area contributed by atoms with Crippen molar-refractivity contribution in [2.75, 3.05) is 0 Å². The molecule has 0 spiro atoms. The van der Waals surface area contributed by atoms with E-state index in [1.165, 1.54) is 18.2 Å². The zero-order valence-corrected chi connectivity index (χ0v) is 8.88. The van der Waals surface area contributed by atoms with Gasteiger partial charge in [0.15, 0.2) is 0 Å². The Morgan fingerprint density at radius 3 is 2.33 bits per heavy atom. The fourth-order valence-corrected chi connectivity index (χ4v) is 2.36. The summed E-state index contributed by atoms with van der Waals surface area (Å²) in [4.78, 5) is 0.0386. The number of halogens is 3. The van der Waals surface area contributed by atoms with Crippen LogP contribution in [0.15, 0.2) is 23.1 Å². The fourth-order valence-electron chi connectivity index (χ4n) is 0.814. The lowest BCUT2D eigenvalue weighted by molar-refractivity contribution is 0.612. The molecule has 1 aliphatic carbocycles. The molecule has 0 aromatic heterocycles. The van der Waals surface area contributed by atoms with E-state index < -0.39 is 13.4 Å². The quantitative estimate of drug-likeness (QED) is 0.527. The highest BCUT2D eigenvalue weighted by molar-refractivity contribution is 8.16. The molecule has 0 N–H and O–H groups in total. The normalized spacial score (nSPS) is 22.1. The standard InChI is InChI=1S/C6H5Cl3O2S/c7-6(8)3-1-2-5(4-6)12(9,10)11/h1-3H,4H2. The van der Waals surface area contributed by atoms with E-state index in [-0.39, 0.29) is 11.3 Å². The maximum absolute atomic E-state index is 10.8. The van der Waals surface area contributed by atoms with Gasteiger partial charge in [0.25, 0.3) is 9.05 Å². The van der Waals surface area contributed by atoms with Crippen LogP contribution >= 0.6 is 33.9 Å². The first-order chi connectivity index (χ1) is 5.31. The molecule has 0 saturated carbocycles. The summed E-state index contributed by atoms with van der Waals surface area (Å²) in [5.41, 5.74) is 0. The molecule has 0 aromatic rings. The maximum atomic E-state index is 10.8. The lowest BCUT2D eigenvalue weighted by Crippen LogP contribution is -2.15. The van der Waals surface area contributed by atoms with Crippen LogP contribution in [0.1, 0.15) is 6.42 Å². The van der Waals surface area contributed by atoms with Crippen LogP contribution in [0.4, 0.5) is 0 Å². The van der Waals surface area contributed by atoms with Crippen LogP contribution in [0.5, 0.6) is 0 Å². The van der Waals surface area contributed by atoms with Crippen molar-refractivity contribution in [3.05, 3.63) is 23.1 Å². The highest BCUT2D eigenvalue weighted by Crippen LogP contribution is 2.36. The van der Waals surface area contributed by atoms with Gasteiger partial charge < -0.3 is 0 Å². The first-order valence-corrected chi connectivity index (χ1v) is 6.09. The average Bonchev–Trinajstić information content (AvgIpc) is 1.83. The summed E-state index contributed by atoms with van der Waals surface area (Å²) in [6, 6.07) is 0. The summed E-state index contributed by atoms with van der Waals surface area (Å²) in [7, 11) is 1.41. The van der Waals surface area contributed by atoms with Gasteiger partial charge in [0.05, 0.1) is 4.91 Å². The van der Waals surface area contributed by atoms with Crippen molar-refractivity contribution >= 4 is 42.9 Å². The second kappa shape index (κ2) is 3.22. The SMILES string of the molecule is O=S(=O)(Cl)C1=CC=CC(Cl)(Cl)C1. The molecule has 0 heterocycles. The van der Waals surface area contributed by atoms with Gasteiger partial charge in [-0.3, -0.25) is 0 Å². The highest BCUT2D eigenvalue weighted by atomic mass is 35.7. The lowest BCUT2D eigenvalue weighted by Gasteiger charge is -2.18. The number of alkyl halides is 2. The van der Waals surface area contributed by atoms with E-state index in [1.807, 2.05) is 0 Å². The minimum Gasteiger partial charge on any atom is -0.207 e. The number of hydrogen-bond acceptors (Lipinski definition) is 2. The second-order valence-corrected chi connectivity index (χ2v) is 6.53. The molecule has 0 amide bonds. The van der Waals surface area contributed by atoms with Crippen LogP contribution in [0.25, 0.3) is 0 Å². The predicted octanol–water partition coefficient (Wildman–Crippen LogP) is 2.57. The van der Waals surface area contributed by atoms with Crippen LogP contribution in [-0.4, -0.2) is 12.8 Å². The predicted molar refractivity (Wildman–Crippen MR) is 51.0 cm³/mol. The Hall–Kier alpha value is 0.300. The van der Waals surface area contributed by atoms with Crippen molar-refractivity contribution in [3.63, 3.8) is 0 Å². The third-order valence-corrected chi connectivity index (χ3v) is 3.37. The Bertz CT molecular complexity index is 340. The summed E-state index contributed by atoms with van der Waals surface area (Å²) in [5, 5.41) is 0. The molecule has 2 nitrogen and oxygen atoms in total. The Morgan fingerprint density at radius 1 is 1.42 bits per heavy atom. The van der Waals surface area contributed by atoms with Crippen molar-refractivity contribution in [3.8, 4) is 0 Å². The zero-order valence-electron chi connectivity index (χ0n) is 5.80. The van der Waals surface area contributed by atoms with Gasteiger partial charge >= 0.3 is 0 Å². The van der Waals surface area contributed by atoms with E-state index in [9.17, 15) is 8.42 Å². The van der Waals surface area contributed by atoms with Crippen LogP contribution in [-0.2, 0) is 9.05 Å². The van der Waals surface area contributed by atoms with Gasteiger partial charge in [0.2, 0.25) is 0 Å². The summed E-state index contributed by atoms with van der Waals surface area (Å²) < 4.78 is 20.5. The van der Waals surface area contributed by atoms with Gasteiger partial charge in [0, 0.05) is 17.1 Å². The van der Waals surface area contributed by atoms with Crippen molar-refractivity contribution in [2.45, 2.75) is 10.8 Å². The zero-order chi connectivity index (χ0) is 9.41. The molecular weight excluding hydrogens is 242 g/mol. The van der Waals surface area contributed by atoms with Crippen LogP contribution < -0.4 is 0 Å². The van der Waals surface area contributed by atoms with Gasteiger partial charge in [-0.25, -0.2) is 8.42 Å². The largest absolute Gasteiger partial charge is 0.257 e. The topological polar surface area (TPSA) is 34.1 Å². The van der Waals surface area contributed by atoms with Crippen LogP contribution in [0.3, 0.4) is 0 Å². The third kappa shape index (κ3) is 2.66. The minimum absolute atomic E-state index is 0.0123. The first-order valence-electron chi connectivity index (χ1n) is 3.02. The molecule has 0 radical (unpaired) electrons. The van der Waals surface area contributed by atoms with Crippen LogP contribution in [0.2, 0.25) is 0 Å². The lowest BCUT2D eigenvalue weighted by atomic mass is 10.2. The Labute approximate surface area is 85.2 Å². The molecule has 0 aromatic carbocycles. The van der Waals surface area contributed by atoms with Gasteiger partial charge in [-0.2, -0.15) is 0 Å². The van der Waals surface area contributed by atoms with Crippen molar-refractivity contribution in [1.82, 2.24) is 0 Å². The van der Waals surface area contributed by atoms with E-state index in [0.717, 1.165) is 0 Å². The molecule has 0 unspecified atom stereocenters. The summed E-state index contributed by atoms with van der Waals surface area (Å²) in [6.07, 6.45) is 4.37. The molecule has 0 saturated heterocycles. The molecule has 6 heteroatoms. The molecule has 68 valence electrons. The van der Waals surface area contributed by atoms with Crippen molar-refractivity contribution in [1.29, 1.82) is 0 Å². The average molecular weight is 248 g/mol. The monoisotopic (exact) mass is 246 g/mol. The molecule has 0 aliphatic heterocycles. The second-order valence-electron chi connectivity index (χ2n) is 2.37. The molecule has 1 aliphatic rings. The third-order valence-electron chi connectivity index (χ3n) is 1.35. The van der Waals surface area contributed by atoms with Gasteiger partial charge in [-0.15, -0.1) is 0 Å². The molecule has 12 heavy (non-hydrogen) atoms. The Kier molecular flexibility index (Phi) is 2.78. The van der Waals surface area contributed by atoms with E-state index in [1.54, 1.807) is 0 Å². The first kappa shape index (κ1) is 10.4. The molecular formula is C6H5Cl3O2S. The van der Waals surface area contributed by atoms with Gasteiger partial charge in [-0.05, 0) is 12.2 Å². The smallest absolute Gasteiger partial charge is 0.207 e. The molecule has 0 atom stereocenters. The minimum atomic E-state index is -3.68. The van der Waals surface area contributed by atoms with E-state index in [0.29, 0.717) is 0 Å². The van der Waals surface area contributed by atoms with Crippen LogP contribution in [0, 0.1) is 0 Å². The molecule has 0 fully saturated rings. The Morgan fingerprint density at radius 2 is 2.00 bits per heavy atom. The van der Waals surface area contributed by atoms with E-state index >= 15 is 0 Å². The van der Waals surface area contributed by atoms with Gasteiger partial charge in [0.1, 0.15) is 4.33 Å². The van der Waals surface area contributed by atoms with E-state index in [2.05, 4.69) is 0 Å². The Balaban J connectivity index is 3.00. The van der Waals surface area contributed by atoms with Gasteiger partial charge in [-0.1, -0.05) is 29.3 Å². The molecule has 0 bridgehead atoms. The van der Waals surface area contributed by atoms with Crippen molar-refractivity contribution < 1.29 is 8.42 Å².